The average Bonchev–Trinajstić information content (AvgIpc) is 2.58. The highest BCUT2D eigenvalue weighted by molar-refractivity contribution is 5.79. The Kier molecular flexibility index (Phi) is 20.3. The van der Waals surface area contributed by atoms with E-state index in [0.717, 1.165) is 6.42 Å². The van der Waals surface area contributed by atoms with Crippen molar-refractivity contribution < 1.29 is 9.53 Å². The van der Waals surface area contributed by atoms with Gasteiger partial charge < -0.3 is 10.5 Å². The molecule has 0 aliphatic rings. The van der Waals surface area contributed by atoms with Crippen molar-refractivity contribution in [1.29, 1.82) is 0 Å². The van der Waals surface area contributed by atoms with Crippen LogP contribution in [0.4, 0.5) is 0 Å². The molecule has 0 aromatic carbocycles. The maximum absolute atomic E-state index is 11.5. The van der Waals surface area contributed by atoms with Gasteiger partial charge in [-0.05, 0) is 6.42 Å². The molecule has 0 spiro atoms. The van der Waals surface area contributed by atoms with Crippen LogP contribution in [0.3, 0.4) is 0 Å². The summed E-state index contributed by atoms with van der Waals surface area (Å²) in [4.78, 5) is 11.5. The number of carbonyl (C=O) groups is 1. The van der Waals surface area contributed by atoms with E-state index in [-0.39, 0.29) is 12.4 Å². The van der Waals surface area contributed by atoms with Crippen LogP contribution in [0, 0.1) is 0 Å². The third kappa shape index (κ3) is 19.6. The first kappa shape index (κ1) is 23.6. The minimum absolute atomic E-state index is 0.221. The summed E-state index contributed by atoms with van der Waals surface area (Å²) in [6.07, 6.45) is 21.0. The molecule has 0 fully saturated rings. The maximum Gasteiger partial charge on any atom is 0.158 e. The smallest absolute Gasteiger partial charge is 0.158 e. The van der Waals surface area contributed by atoms with Crippen LogP contribution in [0.25, 0.3) is 0 Å². The van der Waals surface area contributed by atoms with Gasteiger partial charge in [0.1, 0.15) is 6.61 Å². The zero-order chi connectivity index (χ0) is 17.7. The molecule has 3 nitrogen and oxygen atoms in total. The minimum atomic E-state index is 0.221. The first-order valence-electron chi connectivity index (χ1n) is 10.6. The Morgan fingerprint density at radius 2 is 1.12 bits per heavy atom. The Labute approximate surface area is 151 Å². The topological polar surface area (TPSA) is 52.3 Å². The SMILES string of the molecule is CCCCCCCCCCCCCCCCCC(=O)COCCN. The van der Waals surface area contributed by atoms with Crippen molar-refractivity contribution in [3.05, 3.63) is 0 Å². The van der Waals surface area contributed by atoms with Crippen molar-refractivity contribution in [3.8, 4) is 0 Å². The fourth-order valence-corrected chi connectivity index (χ4v) is 3.03. The molecular formula is C21H43NO2. The van der Waals surface area contributed by atoms with E-state index in [1.165, 1.54) is 89.9 Å². The van der Waals surface area contributed by atoms with Gasteiger partial charge in [-0.2, -0.15) is 0 Å². The summed E-state index contributed by atoms with van der Waals surface area (Å²) in [5.74, 6) is 0.221. The number of nitrogens with two attached hydrogens (primary N) is 1. The van der Waals surface area contributed by atoms with Crippen LogP contribution < -0.4 is 5.73 Å². The van der Waals surface area contributed by atoms with Gasteiger partial charge in [-0.15, -0.1) is 0 Å². The highest BCUT2D eigenvalue weighted by Gasteiger charge is 2.01. The third-order valence-corrected chi connectivity index (χ3v) is 4.58. The molecule has 0 bridgehead atoms. The molecule has 0 atom stereocenters. The van der Waals surface area contributed by atoms with E-state index < -0.39 is 0 Å². The van der Waals surface area contributed by atoms with Crippen molar-refractivity contribution in [2.75, 3.05) is 19.8 Å². The molecule has 0 saturated heterocycles. The van der Waals surface area contributed by atoms with Crippen LogP contribution in [0.2, 0.25) is 0 Å². The highest BCUT2D eigenvalue weighted by atomic mass is 16.5. The van der Waals surface area contributed by atoms with E-state index in [2.05, 4.69) is 6.92 Å². The van der Waals surface area contributed by atoms with Gasteiger partial charge in [0, 0.05) is 13.0 Å². The lowest BCUT2D eigenvalue weighted by Gasteiger charge is -2.04. The Balaban J connectivity index is 3.06. The number of hydrogen-bond donors (Lipinski definition) is 1. The van der Waals surface area contributed by atoms with Crippen LogP contribution in [0.15, 0.2) is 0 Å². The Morgan fingerprint density at radius 1 is 0.708 bits per heavy atom. The summed E-state index contributed by atoms with van der Waals surface area (Å²) in [7, 11) is 0. The normalized spacial score (nSPS) is 11.1. The Morgan fingerprint density at radius 3 is 1.54 bits per heavy atom. The molecule has 0 aliphatic heterocycles. The van der Waals surface area contributed by atoms with Crippen molar-refractivity contribution in [2.24, 2.45) is 5.73 Å². The number of rotatable bonds is 20. The van der Waals surface area contributed by atoms with E-state index >= 15 is 0 Å². The second-order valence-corrected chi connectivity index (χ2v) is 7.08. The molecule has 0 aromatic heterocycles. The minimum Gasteiger partial charge on any atom is -0.372 e. The van der Waals surface area contributed by atoms with Crippen molar-refractivity contribution in [3.63, 3.8) is 0 Å². The molecule has 0 saturated carbocycles. The molecule has 0 aromatic rings. The first-order valence-corrected chi connectivity index (χ1v) is 10.6. The lowest BCUT2D eigenvalue weighted by molar-refractivity contribution is -0.123. The standard InChI is InChI=1S/C21H43NO2/c1-2-3-4-5-6-7-8-9-10-11-12-13-14-15-16-17-21(23)20-24-19-18-22/h2-20,22H2,1H3. The molecule has 144 valence electrons. The van der Waals surface area contributed by atoms with Gasteiger partial charge in [-0.3, -0.25) is 4.79 Å². The second kappa shape index (κ2) is 20.6. The summed E-state index contributed by atoms with van der Waals surface area (Å²) in [5.41, 5.74) is 5.31. The second-order valence-electron chi connectivity index (χ2n) is 7.08. The van der Waals surface area contributed by atoms with Crippen molar-refractivity contribution >= 4 is 5.78 Å². The van der Waals surface area contributed by atoms with Crippen LogP contribution in [0.1, 0.15) is 110 Å². The number of ether oxygens (including phenoxy) is 1. The molecule has 3 heteroatoms. The van der Waals surface area contributed by atoms with Gasteiger partial charge in [0.25, 0.3) is 0 Å². The van der Waals surface area contributed by atoms with Gasteiger partial charge in [-0.25, -0.2) is 0 Å². The Hall–Kier alpha value is -0.410. The number of unbranched alkanes of at least 4 members (excludes halogenated alkanes) is 14. The molecule has 0 amide bonds. The van der Waals surface area contributed by atoms with E-state index in [1.54, 1.807) is 0 Å². The summed E-state index contributed by atoms with van der Waals surface area (Å²) in [6.45, 7) is 3.51. The van der Waals surface area contributed by atoms with Crippen LogP contribution in [-0.2, 0) is 9.53 Å². The first-order chi connectivity index (χ1) is 11.8. The van der Waals surface area contributed by atoms with Gasteiger partial charge in [-0.1, -0.05) is 96.8 Å². The van der Waals surface area contributed by atoms with E-state index in [1.807, 2.05) is 0 Å². The fourth-order valence-electron chi connectivity index (χ4n) is 3.03. The molecule has 2 N–H and O–H groups in total. The average molecular weight is 342 g/mol. The zero-order valence-electron chi connectivity index (χ0n) is 16.3. The van der Waals surface area contributed by atoms with Gasteiger partial charge in [0.05, 0.1) is 6.61 Å². The zero-order valence-corrected chi connectivity index (χ0v) is 16.3. The van der Waals surface area contributed by atoms with Gasteiger partial charge in [0.2, 0.25) is 0 Å². The predicted octanol–water partition coefficient (Wildman–Crippen LogP) is 5.79. The third-order valence-electron chi connectivity index (χ3n) is 4.58. The summed E-state index contributed by atoms with van der Waals surface area (Å²) in [5, 5.41) is 0. The number of ketones is 1. The summed E-state index contributed by atoms with van der Waals surface area (Å²) in [6, 6.07) is 0. The van der Waals surface area contributed by atoms with E-state index in [9.17, 15) is 4.79 Å². The van der Waals surface area contributed by atoms with Crippen LogP contribution in [0.5, 0.6) is 0 Å². The van der Waals surface area contributed by atoms with Gasteiger partial charge >= 0.3 is 0 Å². The monoisotopic (exact) mass is 341 g/mol. The van der Waals surface area contributed by atoms with E-state index in [4.69, 9.17) is 10.5 Å². The fraction of sp³-hybridized carbons (Fsp3) is 0.952. The lowest BCUT2D eigenvalue weighted by Crippen LogP contribution is -2.14. The molecular weight excluding hydrogens is 298 g/mol. The maximum atomic E-state index is 11.5. The summed E-state index contributed by atoms with van der Waals surface area (Å²) < 4.78 is 5.14. The Bertz CT molecular complexity index is 256. The van der Waals surface area contributed by atoms with Gasteiger partial charge in [0.15, 0.2) is 5.78 Å². The number of Topliss-reactive ketones (excluding diaryl/α,β-unsaturated/α-hetero) is 1. The molecule has 0 rings (SSSR count). The van der Waals surface area contributed by atoms with Crippen molar-refractivity contribution in [1.82, 2.24) is 0 Å². The van der Waals surface area contributed by atoms with Crippen LogP contribution >= 0.6 is 0 Å². The lowest BCUT2D eigenvalue weighted by atomic mass is 10.0. The highest BCUT2D eigenvalue weighted by Crippen LogP contribution is 2.13. The summed E-state index contributed by atoms with van der Waals surface area (Å²) >= 11 is 0. The predicted molar refractivity (Wildman–Crippen MR) is 104 cm³/mol. The number of hydrogen-bond acceptors (Lipinski definition) is 3. The van der Waals surface area contributed by atoms with Crippen molar-refractivity contribution in [2.45, 2.75) is 110 Å². The van der Waals surface area contributed by atoms with E-state index in [0.29, 0.717) is 19.6 Å². The van der Waals surface area contributed by atoms with Crippen LogP contribution in [-0.4, -0.2) is 25.5 Å². The quantitative estimate of drug-likeness (QED) is 0.285. The largest absolute Gasteiger partial charge is 0.372 e. The molecule has 0 radical (unpaired) electrons. The molecule has 0 unspecified atom stereocenters. The molecule has 0 aliphatic carbocycles. The molecule has 0 heterocycles. The number of carbonyl (C=O) groups excluding carboxylic acids is 1. The molecule has 24 heavy (non-hydrogen) atoms.